The normalized spacial score (nSPS) is 14.5. The third kappa shape index (κ3) is 5.37. The molecule has 3 aromatic rings. The maximum absolute atomic E-state index is 13.1. The second-order valence-electron chi connectivity index (χ2n) is 7.37. The van der Waals surface area contributed by atoms with Gasteiger partial charge in [0, 0.05) is 42.9 Å². The van der Waals surface area contributed by atoms with Gasteiger partial charge < -0.3 is 15.1 Å². The van der Waals surface area contributed by atoms with Gasteiger partial charge >= 0.3 is 6.18 Å². The van der Waals surface area contributed by atoms with Gasteiger partial charge in [0.2, 0.25) is 5.91 Å². The molecule has 2 heterocycles. The molecular formula is C22H20F4N4OS. The molecule has 4 rings (SSSR count). The van der Waals surface area contributed by atoms with Crippen molar-refractivity contribution < 1.29 is 22.4 Å². The summed E-state index contributed by atoms with van der Waals surface area (Å²) in [6.45, 7) is 2.40. The molecule has 0 unspecified atom stereocenters. The van der Waals surface area contributed by atoms with E-state index in [2.05, 4.69) is 15.2 Å². The lowest BCUT2D eigenvalue weighted by molar-refractivity contribution is -0.137. The summed E-state index contributed by atoms with van der Waals surface area (Å²) < 4.78 is 51.7. The molecule has 1 N–H and O–H groups in total. The van der Waals surface area contributed by atoms with Gasteiger partial charge in [-0.25, -0.2) is 9.37 Å². The predicted molar refractivity (Wildman–Crippen MR) is 116 cm³/mol. The number of halogens is 4. The maximum Gasteiger partial charge on any atom is 0.416 e. The lowest BCUT2D eigenvalue weighted by Gasteiger charge is -2.36. The molecule has 0 spiro atoms. The quantitative estimate of drug-likeness (QED) is 0.544. The van der Waals surface area contributed by atoms with Crippen molar-refractivity contribution in [2.24, 2.45) is 0 Å². The summed E-state index contributed by atoms with van der Waals surface area (Å²) >= 11 is 1.23. The molecule has 1 aliphatic heterocycles. The number of amides is 1. The van der Waals surface area contributed by atoms with Gasteiger partial charge in [-0.05, 0) is 42.5 Å². The molecular weight excluding hydrogens is 444 g/mol. The van der Waals surface area contributed by atoms with Crippen LogP contribution in [0.25, 0.3) is 0 Å². The van der Waals surface area contributed by atoms with Crippen LogP contribution in [0.5, 0.6) is 0 Å². The Morgan fingerprint density at radius 1 is 1.06 bits per heavy atom. The summed E-state index contributed by atoms with van der Waals surface area (Å²) in [5.41, 5.74) is 1.02. The first-order valence-electron chi connectivity index (χ1n) is 9.95. The Morgan fingerprint density at radius 2 is 1.78 bits per heavy atom. The molecule has 0 bridgehead atoms. The highest BCUT2D eigenvalue weighted by molar-refractivity contribution is 7.13. The molecule has 1 saturated heterocycles. The second kappa shape index (κ2) is 9.15. The van der Waals surface area contributed by atoms with Crippen molar-refractivity contribution in [1.29, 1.82) is 0 Å². The van der Waals surface area contributed by atoms with Crippen LogP contribution in [-0.4, -0.2) is 42.0 Å². The first kappa shape index (κ1) is 22.1. The molecule has 32 heavy (non-hydrogen) atoms. The Bertz CT molecular complexity index is 1080. The Balaban J connectivity index is 1.31. The Morgan fingerprint density at radius 3 is 2.47 bits per heavy atom. The Kier molecular flexibility index (Phi) is 6.31. The zero-order valence-electron chi connectivity index (χ0n) is 16.9. The van der Waals surface area contributed by atoms with Gasteiger partial charge in [0.1, 0.15) is 5.82 Å². The molecule has 0 radical (unpaired) electrons. The number of thiazole rings is 1. The zero-order chi connectivity index (χ0) is 22.7. The molecule has 1 aliphatic rings. The second-order valence-corrected chi connectivity index (χ2v) is 8.23. The Labute approximate surface area is 186 Å². The van der Waals surface area contributed by atoms with E-state index < -0.39 is 11.7 Å². The van der Waals surface area contributed by atoms with E-state index in [1.165, 1.54) is 35.6 Å². The number of nitrogens with zero attached hydrogens (tertiary/aromatic N) is 3. The van der Waals surface area contributed by atoms with Crippen LogP contribution in [0.3, 0.4) is 0 Å². The highest BCUT2D eigenvalue weighted by Crippen LogP contribution is 2.32. The van der Waals surface area contributed by atoms with E-state index in [9.17, 15) is 22.4 Å². The van der Waals surface area contributed by atoms with Gasteiger partial charge in [0.15, 0.2) is 5.13 Å². The molecule has 1 aromatic heterocycles. The summed E-state index contributed by atoms with van der Waals surface area (Å²) in [4.78, 5) is 20.9. The number of benzene rings is 2. The minimum Gasteiger partial charge on any atom is -0.368 e. The number of alkyl halides is 3. The fraction of sp³-hybridized carbons (Fsp3) is 0.273. The van der Waals surface area contributed by atoms with Crippen LogP contribution in [0.1, 0.15) is 11.3 Å². The van der Waals surface area contributed by atoms with E-state index in [4.69, 9.17) is 0 Å². The van der Waals surface area contributed by atoms with E-state index in [-0.39, 0.29) is 23.8 Å². The van der Waals surface area contributed by atoms with E-state index in [1.807, 2.05) is 0 Å². The van der Waals surface area contributed by atoms with Gasteiger partial charge in [-0.3, -0.25) is 4.79 Å². The van der Waals surface area contributed by atoms with Crippen molar-refractivity contribution in [2.75, 3.05) is 36.4 Å². The highest BCUT2D eigenvalue weighted by atomic mass is 32.1. The molecule has 0 aliphatic carbocycles. The van der Waals surface area contributed by atoms with Crippen molar-refractivity contribution in [3.8, 4) is 0 Å². The fourth-order valence-corrected chi connectivity index (χ4v) is 4.21. The van der Waals surface area contributed by atoms with Crippen molar-refractivity contribution in [3.63, 3.8) is 0 Å². The number of carbonyl (C=O) groups is 1. The molecule has 5 nitrogen and oxygen atoms in total. The predicted octanol–water partition coefficient (Wildman–Crippen LogP) is 4.94. The van der Waals surface area contributed by atoms with Crippen molar-refractivity contribution >= 4 is 33.8 Å². The fourth-order valence-electron chi connectivity index (χ4n) is 3.48. The smallest absolute Gasteiger partial charge is 0.368 e. The number of hydrogen-bond acceptors (Lipinski definition) is 5. The maximum atomic E-state index is 13.1. The Hall–Kier alpha value is -3.14. The van der Waals surface area contributed by atoms with Crippen molar-refractivity contribution in [1.82, 2.24) is 9.88 Å². The van der Waals surface area contributed by atoms with Crippen LogP contribution in [0.2, 0.25) is 0 Å². The average Bonchev–Trinajstić information content (AvgIpc) is 3.20. The van der Waals surface area contributed by atoms with E-state index in [0.29, 0.717) is 37.0 Å². The summed E-state index contributed by atoms with van der Waals surface area (Å²) in [5, 5.41) is 5.02. The van der Waals surface area contributed by atoms with E-state index in [0.717, 1.165) is 17.8 Å². The number of hydrogen-bond donors (Lipinski definition) is 1. The number of carbonyl (C=O) groups excluding carboxylic acids is 1. The number of rotatable bonds is 5. The first-order chi connectivity index (χ1) is 15.3. The van der Waals surface area contributed by atoms with Crippen LogP contribution >= 0.6 is 11.3 Å². The van der Waals surface area contributed by atoms with Crippen LogP contribution in [0.4, 0.5) is 34.1 Å². The largest absolute Gasteiger partial charge is 0.416 e. The van der Waals surface area contributed by atoms with Crippen molar-refractivity contribution in [3.05, 3.63) is 71.0 Å². The molecule has 1 amide bonds. The number of anilines is 3. The molecule has 1 fully saturated rings. The summed E-state index contributed by atoms with van der Waals surface area (Å²) in [6.07, 6.45) is -4.30. The van der Waals surface area contributed by atoms with Crippen molar-refractivity contribution in [2.45, 2.75) is 12.6 Å². The van der Waals surface area contributed by atoms with Gasteiger partial charge in [-0.1, -0.05) is 6.07 Å². The van der Waals surface area contributed by atoms with Crippen LogP contribution in [0, 0.1) is 5.82 Å². The summed E-state index contributed by atoms with van der Waals surface area (Å²) in [5.74, 6) is -0.340. The molecule has 0 saturated carbocycles. The molecule has 0 atom stereocenters. The minimum atomic E-state index is -4.42. The van der Waals surface area contributed by atoms with Crippen LogP contribution < -0.4 is 10.2 Å². The number of piperazine rings is 1. The van der Waals surface area contributed by atoms with E-state index in [1.54, 1.807) is 22.4 Å². The van der Waals surface area contributed by atoms with Crippen LogP contribution in [0.15, 0.2) is 53.9 Å². The monoisotopic (exact) mass is 464 g/mol. The standard InChI is InChI=1S/C22H20F4N4OS/c23-16-4-6-19(7-5-16)29-8-10-30(11-9-29)20(31)13-18-14-32-21(28-18)27-17-3-1-2-15(12-17)22(24,25)26/h1-7,12,14H,8-11,13H2,(H,27,28). The molecule has 10 heteroatoms. The third-order valence-electron chi connectivity index (χ3n) is 5.15. The van der Waals surface area contributed by atoms with Crippen LogP contribution in [-0.2, 0) is 17.4 Å². The third-order valence-corrected chi connectivity index (χ3v) is 5.96. The zero-order valence-corrected chi connectivity index (χ0v) is 17.7. The van der Waals surface area contributed by atoms with E-state index >= 15 is 0 Å². The number of aromatic nitrogens is 1. The summed E-state index contributed by atoms with van der Waals surface area (Å²) in [6, 6.07) is 11.2. The molecule has 2 aromatic carbocycles. The minimum absolute atomic E-state index is 0.0559. The topological polar surface area (TPSA) is 48.5 Å². The van der Waals surface area contributed by atoms with Gasteiger partial charge in [-0.15, -0.1) is 11.3 Å². The average molecular weight is 464 g/mol. The SMILES string of the molecule is O=C(Cc1csc(Nc2cccc(C(F)(F)F)c2)n1)N1CCN(c2ccc(F)cc2)CC1. The lowest BCUT2D eigenvalue weighted by atomic mass is 10.2. The number of nitrogens with one attached hydrogen (secondary N) is 1. The molecule has 168 valence electrons. The van der Waals surface area contributed by atoms with Gasteiger partial charge in [-0.2, -0.15) is 13.2 Å². The lowest BCUT2D eigenvalue weighted by Crippen LogP contribution is -2.49. The van der Waals surface area contributed by atoms with Gasteiger partial charge in [0.05, 0.1) is 17.7 Å². The van der Waals surface area contributed by atoms with Gasteiger partial charge in [0.25, 0.3) is 0 Å². The highest BCUT2D eigenvalue weighted by Gasteiger charge is 2.30. The first-order valence-corrected chi connectivity index (χ1v) is 10.8. The summed E-state index contributed by atoms with van der Waals surface area (Å²) in [7, 11) is 0.